The van der Waals surface area contributed by atoms with Gasteiger partial charge in [0.25, 0.3) is 5.91 Å². The van der Waals surface area contributed by atoms with E-state index >= 15 is 0 Å². The summed E-state index contributed by atoms with van der Waals surface area (Å²) in [5.74, 6) is -0.783. The Kier molecular flexibility index (Phi) is 7.09. The molecule has 0 unspecified atom stereocenters. The van der Waals surface area contributed by atoms with E-state index in [1.807, 2.05) is 86.6 Å². The van der Waals surface area contributed by atoms with Crippen LogP contribution in [0.5, 0.6) is 0 Å². The smallest absolute Gasteiger partial charge is 0.310 e. The van der Waals surface area contributed by atoms with Gasteiger partial charge in [0, 0.05) is 9.79 Å². The van der Waals surface area contributed by atoms with E-state index < -0.39 is 5.97 Å². The molecule has 0 fully saturated rings. The second-order valence-corrected chi connectivity index (χ2v) is 7.83. The van der Waals surface area contributed by atoms with Crippen LogP contribution in [0.1, 0.15) is 16.7 Å². The number of nitrogens with one attached hydrogen (secondary N) is 1. The van der Waals surface area contributed by atoms with Crippen LogP contribution < -0.4 is 5.32 Å². The highest BCUT2D eigenvalue weighted by molar-refractivity contribution is 7.99. The van der Waals surface area contributed by atoms with E-state index in [1.54, 1.807) is 11.8 Å². The van der Waals surface area contributed by atoms with Gasteiger partial charge in [-0.1, -0.05) is 60.3 Å². The lowest BCUT2D eigenvalue weighted by Gasteiger charge is -2.11. The first-order chi connectivity index (χ1) is 14.0. The van der Waals surface area contributed by atoms with Crippen molar-refractivity contribution in [3.05, 3.63) is 89.5 Å². The Hall–Kier alpha value is -3.05. The predicted octanol–water partition coefficient (Wildman–Crippen LogP) is 5.18. The number of esters is 1. The van der Waals surface area contributed by atoms with Crippen molar-refractivity contribution in [2.45, 2.75) is 30.1 Å². The van der Waals surface area contributed by atoms with Crippen molar-refractivity contribution in [1.29, 1.82) is 0 Å². The Morgan fingerprint density at radius 2 is 1.62 bits per heavy atom. The van der Waals surface area contributed by atoms with Crippen LogP contribution in [0.4, 0.5) is 5.69 Å². The highest BCUT2D eigenvalue weighted by Gasteiger charge is 2.11. The number of ether oxygens (including phenoxy) is 1. The molecule has 3 aromatic rings. The quantitative estimate of drug-likeness (QED) is 0.551. The zero-order valence-electron chi connectivity index (χ0n) is 16.5. The third-order valence-electron chi connectivity index (χ3n) is 4.42. The molecular weight excluding hydrogens is 382 g/mol. The minimum atomic E-state index is -0.421. The normalized spacial score (nSPS) is 10.4. The minimum Gasteiger partial charge on any atom is -0.455 e. The van der Waals surface area contributed by atoms with Gasteiger partial charge in [-0.2, -0.15) is 0 Å². The number of anilines is 1. The van der Waals surface area contributed by atoms with Crippen molar-refractivity contribution in [2.75, 3.05) is 11.9 Å². The van der Waals surface area contributed by atoms with Crippen LogP contribution >= 0.6 is 11.8 Å². The van der Waals surface area contributed by atoms with E-state index in [0.29, 0.717) is 5.69 Å². The van der Waals surface area contributed by atoms with Gasteiger partial charge in [-0.05, 0) is 54.8 Å². The number of benzene rings is 3. The predicted molar refractivity (Wildman–Crippen MR) is 116 cm³/mol. The molecule has 0 saturated carbocycles. The summed E-state index contributed by atoms with van der Waals surface area (Å²) in [4.78, 5) is 26.3. The lowest BCUT2D eigenvalue weighted by Crippen LogP contribution is -2.22. The number of aryl methyl sites for hydroxylation is 2. The van der Waals surface area contributed by atoms with Crippen LogP contribution in [0.3, 0.4) is 0 Å². The first-order valence-electron chi connectivity index (χ1n) is 9.35. The largest absolute Gasteiger partial charge is 0.455 e. The maximum absolute atomic E-state index is 12.3. The second kappa shape index (κ2) is 9.94. The SMILES string of the molecule is Cc1ccc(CC(=O)OCC(=O)Nc2ccccc2Sc2ccccc2)cc1C. The highest BCUT2D eigenvalue weighted by Crippen LogP contribution is 2.33. The maximum Gasteiger partial charge on any atom is 0.310 e. The summed E-state index contributed by atoms with van der Waals surface area (Å²) in [7, 11) is 0. The molecule has 3 rings (SSSR count). The molecule has 0 heterocycles. The van der Waals surface area contributed by atoms with E-state index in [0.717, 1.165) is 20.9 Å². The number of carbonyl (C=O) groups excluding carboxylic acids is 2. The molecule has 1 amide bonds. The van der Waals surface area contributed by atoms with E-state index in [-0.39, 0.29) is 18.9 Å². The Morgan fingerprint density at radius 3 is 2.38 bits per heavy atom. The number of para-hydroxylation sites is 1. The van der Waals surface area contributed by atoms with Crippen molar-refractivity contribution >= 4 is 29.3 Å². The monoisotopic (exact) mass is 405 g/mol. The topological polar surface area (TPSA) is 55.4 Å². The lowest BCUT2D eigenvalue weighted by atomic mass is 10.0. The van der Waals surface area contributed by atoms with E-state index in [9.17, 15) is 9.59 Å². The van der Waals surface area contributed by atoms with Gasteiger partial charge in [-0.15, -0.1) is 0 Å². The van der Waals surface area contributed by atoms with Crippen LogP contribution in [0, 0.1) is 13.8 Å². The van der Waals surface area contributed by atoms with E-state index in [4.69, 9.17) is 4.74 Å². The Morgan fingerprint density at radius 1 is 0.897 bits per heavy atom. The van der Waals surface area contributed by atoms with Gasteiger partial charge >= 0.3 is 5.97 Å². The molecule has 0 aliphatic carbocycles. The number of carbonyl (C=O) groups is 2. The van der Waals surface area contributed by atoms with E-state index in [2.05, 4.69) is 5.32 Å². The third kappa shape index (κ3) is 6.22. The Labute approximate surface area is 175 Å². The molecule has 0 atom stereocenters. The minimum absolute atomic E-state index is 0.148. The van der Waals surface area contributed by atoms with Gasteiger partial charge in [0.05, 0.1) is 12.1 Å². The van der Waals surface area contributed by atoms with Gasteiger partial charge in [-0.3, -0.25) is 9.59 Å². The van der Waals surface area contributed by atoms with Crippen molar-refractivity contribution in [2.24, 2.45) is 0 Å². The number of hydrogen-bond donors (Lipinski definition) is 1. The van der Waals surface area contributed by atoms with Gasteiger partial charge < -0.3 is 10.1 Å². The molecule has 148 valence electrons. The molecule has 0 aromatic heterocycles. The van der Waals surface area contributed by atoms with Crippen LogP contribution in [-0.2, 0) is 20.7 Å². The maximum atomic E-state index is 12.3. The molecule has 0 spiro atoms. The van der Waals surface area contributed by atoms with Gasteiger partial charge in [0.1, 0.15) is 0 Å². The third-order valence-corrected chi connectivity index (χ3v) is 5.50. The summed E-state index contributed by atoms with van der Waals surface area (Å²) < 4.78 is 5.15. The molecule has 0 aliphatic rings. The zero-order chi connectivity index (χ0) is 20.6. The average Bonchev–Trinajstić information content (AvgIpc) is 2.71. The Balaban J connectivity index is 1.54. The fraction of sp³-hybridized carbons (Fsp3) is 0.167. The van der Waals surface area contributed by atoms with Crippen molar-refractivity contribution in [3.8, 4) is 0 Å². The molecule has 3 aromatic carbocycles. The highest BCUT2D eigenvalue weighted by atomic mass is 32.2. The molecule has 4 nitrogen and oxygen atoms in total. The fourth-order valence-corrected chi connectivity index (χ4v) is 3.66. The molecular formula is C24H23NO3S. The van der Waals surface area contributed by atoms with Crippen molar-refractivity contribution in [3.63, 3.8) is 0 Å². The van der Waals surface area contributed by atoms with E-state index in [1.165, 1.54) is 5.56 Å². The molecule has 1 N–H and O–H groups in total. The van der Waals surface area contributed by atoms with Crippen LogP contribution in [0.2, 0.25) is 0 Å². The summed E-state index contributed by atoms with van der Waals surface area (Å²) in [5.41, 5.74) is 3.87. The van der Waals surface area contributed by atoms with Crippen LogP contribution in [0.15, 0.2) is 82.6 Å². The standard InChI is InChI=1S/C24H23NO3S/c1-17-12-13-19(14-18(17)2)15-24(27)28-16-23(26)25-21-10-6-7-11-22(21)29-20-8-4-3-5-9-20/h3-14H,15-16H2,1-2H3,(H,25,26). The summed E-state index contributed by atoms with van der Waals surface area (Å²) >= 11 is 1.56. The molecule has 0 saturated heterocycles. The molecule has 5 heteroatoms. The second-order valence-electron chi connectivity index (χ2n) is 6.72. The summed E-state index contributed by atoms with van der Waals surface area (Å²) in [6, 6.07) is 23.3. The van der Waals surface area contributed by atoms with Crippen LogP contribution in [0.25, 0.3) is 0 Å². The van der Waals surface area contributed by atoms with Gasteiger partial charge in [-0.25, -0.2) is 0 Å². The molecule has 0 radical (unpaired) electrons. The summed E-state index contributed by atoms with van der Waals surface area (Å²) in [6.45, 7) is 3.71. The first kappa shape index (κ1) is 20.7. The first-order valence-corrected chi connectivity index (χ1v) is 10.2. The molecule has 29 heavy (non-hydrogen) atoms. The van der Waals surface area contributed by atoms with Crippen LogP contribution in [-0.4, -0.2) is 18.5 Å². The fourth-order valence-electron chi connectivity index (χ4n) is 2.74. The molecule has 0 bridgehead atoms. The van der Waals surface area contributed by atoms with Gasteiger partial charge in [0.15, 0.2) is 6.61 Å². The summed E-state index contributed by atoms with van der Waals surface area (Å²) in [5, 5.41) is 2.83. The van der Waals surface area contributed by atoms with Crippen molar-refractivity contribution < 1.29 is 14.3 Å². The number of rotatable bonds is 7. The number of hydrogen-bond acceptors (Lipinski definition) is 4. The number of amides is 1. The molecule has 0 aliphatic heterocycles. The average molecular weight is 406 g/mol. The van der Waals surface area contributed by atoms with Gasteiger partial charge in [0.2, 0.25) is 0 Å². The lowest BCUT2D eigenvalue weighted by molar-refractivity contribution is -0.146. The van der Waals surface area contributed by atoms with Crippen molar-refractivity contribution in [1.82, 2.24) is 0 Å². The Bertz CT molecular complexity index is 1000. The zero-order valence-corrected chi connectivity index (χ0v) is 17.3. The summed E-state index contributed by atoms with van der Waals surface area (Å²) in [6.07, 6.45) is 0.148.